The molecule has 0 saturated heterocycles. The van der Waals surface area contributed by atoms with Gasteiger partial charge in [-0.1, -0.05) is 31.9 Å². The molecule has 0 aliphatic heterocycles. The summed E-state index contributed by atoms with van der Waals surface area (Å²) in [5.74, 6) is -0.316. The van der Waals surface area contributed by atoms with Gasteiger partial charge in [0.15, 0.2) is 0 Å². The van der Waals surface area contributed by atoms with E-state index >= 15 is 0 Å². The van der Waals surface area contributed by atoms with Crippen LogP contribution < -0.4 is 0 Å². The molecule has 0 radical (unpaired) electrons. The van der Waals surface area contributed by atoms with E-state index in [2.05, 4.69) is 31.1 Å². The highest BCUT2D eigenvalue weighted by Crippen LogP contribution is 2.18. The van der Waals surface area contributed by atoms with E-state index in [1.807, 2.05) is 6.92 Å². The molecule has 0 atom stereocenters. The second-order valence-corrected chi connectivity index (χ2v) is 10.2. The quantitative estimate of drug-likeness (QED) is 0.322. The fourth-order valence-corrected chi connectivity index (χ4v) is 3.82. The number of hydrogen-bond donors (Lipinski definition) is 0. The van der Waals surface area contributed by atoms with E-state index in [0.717, 1.165) is 17.1 Å². The summed E-state index contributed by atoms with van der Waals surface area (Å²) in [4.78, 5) is 12.3. The van der Waals surface area contributed by atoms with Crippen LogP contribution in [0, 0.1) is 0 Å². The summed E-state index contributed by atoms with van der Waals surface area (Å²) in [5.41, 5.74) is 0.833. The van der Waals surface area contributed by atoms with Crippen molar-refractivity contribution in [2.75, 3.05) is 13.2 Å². The molecule has 17 heavy (non-hydrogen) atoms. The number of esters is 1. The molecule has 0 heterocycles. The molecule has 0 N–H and O–H groups in total. The van der Waals surface area contributed by atoms with E-state index in [-0.39, 0.29) is 5.97 Å². The highest BCUT2D eigenvalue weighted by molar-refractivity contribution is 7.80. The second-order valence-electron chi connectivity index (χ2n) is 4.75. The summed E-state index contributed by atoms with van der Waals surface area (Å²) in [5, 5.41) is 0. The van der Waals surface area contributed by atoms with Crippen molar-refractivity contribution in [1.29, 1.82) is 0 Å². The van der Waals surface area contributed by atoms with Gasteiger partial charge in [-0.05, 0) is 20.8 Å². The van der Waals surface area contributed by atoms with Crippen molar-refractivity contribution >= 4 is 31.3 Å². The summed E-state index contributed by atoms with van der Waals surface area (Å²) in [6.07, 6.45) is 1.52. The Hall–Kier alpha value is -0.683. The highest BCUT2D eigenvalue weighted by atomic mass is 32.1. The van der Waals surface area contributed by atoms with E-state index in [1.54, 1.807) is 6.92 Å². The number of hydrogen-bond acceptors (Lipinski definition) is 4. The zero-order valence-electron chi connectivity index (χ0n) is 11.7. The third-order valence-corrected chi connectivity index (χ3v) is 4.70. The van der Waals surface area contributed by atoms with Crippen LogP contribution in [0.4, 0.5) is 0 Å². The Morgan fingerprint density at radius 3 is 2.18 bits per heavy atom. The summed E-state index contributed by atoms with van der Waals surface area (Å²) in [6.45, 7) is 13.7. The fourth-order valence-electron chi connectivity index (χ4n) is 1.67. The molecule has 0 aromatic rings. The Bertz CT molecular complexity index is 321. The molecule has 98 valence electrons. The summed E-state index contributed by atoms with van der Waals surface area (Å²) < 4.78 is 7.19. The first-order chi connectivity index (χ1) is 7.73. The van der Waals surface area contributed by atoms with Crippen LogP contribution in [-0.4, -0.2) is 36.8 Å². The monoisotopic (exact) mass is 273 g/mol. The summed E-state index contributed by atoms with van der Waals surface area (Å²) in [6, 6.07) is 0. The van der Waals surface area contributed by atoms with Gasteiger partial charge in [0, 0.05) is 23.2 Å². The van der Waals surface area contributed by atoms with Gasteiger partial charge in [-0.3, -0.25) is 0 Å². The van der Waals surface area contributed by atoms with Crippen molar-refractivity contribution in [2.45, 2.75) is 40.4 Å². The Balaban J connectivity index is 5.22. The topological polar surface area (TPSA) is 29.5 Å². The maximum absolute atomic E-state index is 11.5. The number of nitrogens with zero attached hydrogens (tertiary/aromatic N) is 1. The molecule has 0 spiro atoms. The van der Waals surface area contributed by atoms with Gasteiger partial charge in [0.2, 0.25) is 0 Å². The van der Waals surface area contributed by atoms with Crippen molar-refractivity contribution < 1.29 is 9.53 Å². The first-order valence-electron chi connectivity index (χ1n) is 5.91. The van der Waals surface area contributed by atoms with Crippen LogP contribution in [0.3, 0.4) is 0 Å². The van der Waals surface area contributed by atoms with Crippen molar-refractivity contribution in [3.63, 3.8) is 0 Å². The van der Waals surface area contributed by atoms with E-state index in [0.29, 0.717) is 6.61 Å². The number of allylic oxidation sites excluding steroid dienone is 1. The van der Waals surface area contributed by atoms with Gasteiger partial charge < -0.3 is 9.30 Å². The minimum atomic E-state index is -1.53. The Labute approximate surface area is 111 Å². The van der Waals surface area contributed by atoms with Crippen LogP contribution in [0.1, 0.15) is 20.8 Å². The molecule has 0 aromatic carbocycles. The SMILES string of the molecule is CCOC(=O)C=C(C(C)=S)N(CC)[Si](C)(C)C. The lowest BCUT2D eigenvalue weighted by Crippen LogP contribution is -2.46. The Morgan fingerprint density at radius 2 is 1.88 bits per heavy atom. The molecule has 0 amide bonds. The molecule has 0 rings (SSSR count). The van der Waals surface area contributed by atoms with Crippen LogP contribution in [0.5, 0.6) is 0 Å². The van der Waals surface area contributed by atoms with Gasteiger partial charge in [0.05, 0.1) is 6.61 Å². The largest absolute Gasteiger partial charge is 0.463 e. The number of ether oxygens (including phenoxy) is 1. The van der Waals surface area contributed by atoms with Crippen molar-refractivity contribution in [2.24, 2.45) is 0 Å². The minimum Gasteiger partial charge on any atom is -0.463 e. The maximum atomic E-state index is 11.5. The smallest absolute Gasteiger partial charge is 0.332 e. The first-order valence-corrected chi connectivity index (χ1v) is 9.76. The Kier molecular flexibility index (Phi) is 6.63. The minimum absolute atomic E-state index is 0.316. The van der Waals surface area contributed by atoms with Crippen molar-refractivity contribution in [3.05, 3.63) is 11.8 Å². The maximum Gasteiger partial charge on any atom is 0.332 e. The van der Waals surface area contributed by atoms with Gasteiger partial charge in [-0.25, -0.2) is 4.79 Å². The van der Waals surface area contributed by atoms with Gasteiger partial charge in [-0.15, -0.1) is 0 Å². The zero-order valence-corrected chi connectivity index (χ0v) is 13.5. The van der Waals surface area contributed by atoms with E-state index < -0.39 is 8.24 Å². The molecule has 0 aromatic heterocycles. The second kappa shape index (κ2) is 6.91. The van der Waals surface area contributed by atoms with Crippen LogP contribution in [0.25, 0.3) is 0 Å². The molecular formula is C12H23NO2SSi. The molecule has 3 nitrogen and oxygen atoms in total. The van der Waals surface area contributed by atoms with Gasteiger partial charge in [-0.2, -0.15) is 0 Å². The number of carbonyl (C=O) groups is 1. The zero-order chi connectivity index (χ0) is 13.6. The van der Waals surface area contributed by atoms with Gasteiger partial charge >= 0.3 is 5.97 Å². The summed E-state index contributed by atoms with van der Waals surface area (Å²) >= 11 is 5.24. The lowest BCUT2D eigenvalue weighted by molar-refractivity contribution is -0.137. The van der Waals surface area contributed by atoms with Gasteiger partial charge in [0.1, 0.15) is 8.24 Å². The third-order valence-electron chi connectivity index (χ3n) is 2.32. The molecule has 0 bridgehead atoms. The molecular weight excluding hydrogens is 250 g/mol. The van der Waals surface area contributed by atoms with Crippen molar-refractivity contribution in [3.8, 4) is 0 Å². The molecule has 0 saturated carbocycles. The number of rotatable bonds is 6. The van der Waals surface area contributed by atoms with Crippen LogP contribution in [-0.2, 0) is 9.53 Å². The first kappa shape index (κ1) is 16.3. The van der Waals surface area contributed by atoms with E-state index in [9.17, 15) is 4.79 Å². The molecule has 0 fully saturated rings. The molecule has 5 heteroatoms. The highest BCUT2D eigenvalue weighted by Gasteiger charge is 2.26. The lowest BCUT2D eigenvalue weighted by atomic mass is 10.3. The standard InChI is InChI=1S/C12H23NO2SSi/c1-7-13(17(4,5)6)11(10(3)16)9-12(14)15-8-2/h9H,7-8H2,1-6H3. The third kappa shape index (κ3) is 5.45. The number of thiocarbonyl (C=S) groups is 1. The average Bonchev–Trinajstić information content (AvgIpc) is 2.15. The average molecular weight is 273 g/mol. The van der Waals surface area contributed by atoms with Gasteiger partial charge in [0.25, 0.3) is 0 Å². The summed E-state index contributed by atoms with van der Waals surface area (Å²) in [7, 11) is -1.53. The number of carbonyl (C=O) groups excluding carboxylic acids is 1. The predicted octanol–water partition coefficient (Wildman–Crippen LogP) is 2.98. The van der Waals surface area contributed by atoms with Crippen LogP contribution in [0.15, 0.2) is 11.8 Å². The lowest BCUT2D eigenvalue weighted by Gasteiger charge is -2.37. The predicted molar refractivity (Wildman–Crippen MR) is 78.7 cm³/mol. The van der Waals surface area contributed by atoms with Crippen molar-refractivity contribution in [1.82, 2.24) is 4.57 Å². The molecule has 0 aliphatic rings. The van der Waals surface area contributed by atoms with E-state index in [4.69, 9.17) is 17.0 Å². The molecule has 0 aliphatic carbocycles. The van der Waals surface area contributed by atoms with E-state index in [1.165, 1.54) is 6.08 Å². The fraction of sp³-hybridized carbons (Fsp3) is 0.667. The Morgan fingerprint density at radius 1 is 1.35 bits per heavy atom. The van der Waals surface area contributed by atoms with Crippen LogP contribution >= 0.6 is 12.2 Å². The molecule has 0 unspecified atom stereocenters. The van der Waals surface area contributed by atoms with Crippen LogP contribution in [0.2, 0.25) is 19.6 Å². The normalized spacial score (nSPS) is 12.2.